The van der Waals surface area contributed by atoms with Gasteiger partial charge in [-0.05, 0) is 48.2 Å². The van der Waals surface area contributed by atoms with Crippen LogP contribution < -0.4 is 10.4 Å². The molecule has 3 aromatic rings. The number of hydrogen-bond donors (Lipinski definition) is 4. The van der Waals surface area contributed by atoms with Gasteiger partial charge in [0.25, 0.3) is 0 Å². The Morgan fingerprint density at radius 2 is 1.77 bits per heavy atom. The molecular formula is C26H26O9. The van der Waals surface area contributed by atoms with Crippen LogP contribution in [0.4, 0.5) is 0 Å². The highest BCUT2D eigenvalue weighted by molar-refractivity contribution is 5.91. The van der Waals surface area contributed by atoms with Crippen molar-refractivity contribution >= 4 is 22.7 Å². The Bertz CT molecular complexity index is 1370. The molecule has 2 unspecified atom stereocenters. The molecule has 0 fully saturated rings. The van der Waals surface area contributed by atoms with Crippen molar-refractivity contribution in [2.45, 2.75) is 38.9 Å². The molecule has 4 rings (SSSR count). The molecule has 0 amide bonds. The van der Waals surface area contributed by atoms with Crippen LogP contribution in [0.2, 0.25) is 0 Å². The predicted octanol–water partition coefficient (Wildman–Crippen LogP) is 2.92. The number of aliphatic hydroxyl groups excluding tert-OH is 3. The van der Waals surface area contributed by atoms with Crippen LogP contribution in [-0.4, -0.2) is 45.9 Å². The zero-order valence-electron chi connectivity index (χ0n) is 19.3. The molecule has 184 valence electrons. The molecular weight excluding hydrogens is 456 g/mol. The van der Waals surface area contributed by atoms with Crippen LogP contribution in [0, 0.1) is 0 Å². The molecule has 0 radical (unpaired) electrons. The van der Waals surface area contributed by atoms with E-state index in [9.17, 15) is 24.9 Å². The summed E-state index contributed by atoms with van der Waals surface area (Å²) in [6.07, 6.45) is -0.547. The highest BCUT2D eigenvalue weighted by atomic mass is 16.6. The summed E-state index contributed by atoms with van der Waals surface area (Å²) in [6, 6.07) is 9.90. The predicted molar refractivity (Wildman–Crippen MR) is 126 cm³/mol. The number of ether oxygens (including phenoxy) is 2. The average Bonchev–Trinajstić information content (AvgIpc) is 2.85. The van der Waals surface area contributed by atoms with E-state index in [1.165, 1.54) is 6.07 Å². The minimum Gasteiger partial charge on any atom is -0.507 e. The van der Waals surface area contributed by atoms with E-state index in [4.69, 9.17) is 19.0 Å². The summed E-state index contributed by atoms with van der Waals surface area (Å²) in [5, 5.41) is 42.4. The number of aryl methyl sites for hydroxylation is 2. The van der Waals surface area contributed by atoms with Crippen LogP contribution in [0.25, 0.3) is 16.7 Å². The molecule has 0 bridgehead atoms. The molecule has 0 saturated carbocycles. The van der Waals surface area contributed by atoms with Crippen molar-refractivity contribution < 1.29 is 39.1 Å². The van der Waals surface area contributed by atoms with Crippen molar-refractivity contribution in [1.29, 1.82) is 0 Å². The Balaban J connectivity index is 1.99. The second-order valence-electron chi connectivity index (χ2n) is 8.12. The van der Waals surface area contributed by atoms with Gasteiger partial charge < -0.3 is 34.3 Å². The minimum absolute atomic E-state index is 0.104. The van der Waals surface area contributed by atoms with E-state index in [-0.39, 0.29) is 27.9 Å². The average molecular weight is 482 g/mol. The number of esters is 1. The molecule has 2 aromatic carbocycles. The smallest absolute Gasteiger partial charge is 0.344 e. The number of rotatable bonds is 7. The number of aromatic hydroxyl groups is 1. The molecule has 1 aliphatic rings. The van der Waals surface area contributed by atoms with E-state index >= 15 is 0 Å². The Hall–Kier alpha value is -3.82. The first-order valence-electron chi connectivity index (χ1n) is 11.3. The van der Waals surface area contributed by atoms with Crippen LogP contribution in [0.15, 0.2) is 51.2 Å². The molecule has 0 saturated heterocycles. The molecule has 2 heterocycles. The number of hydrogen-bond acceptors (Lipinski definition) is 9. The maximum absolute atomic E-state index is 13.2. The van der Waals surface area contributed by atoms with Gasteiger partial charge in [-0.2, -0.15) is 0 Å². The number of carbonyl (C=O) groups excluding carboxylic acids is 1. The number of benzene rings is 2. The Morgan fingerprint density at radius 3 is 2.46 bits per heavy atom. The zero-order valence-corrected chi connectivity index (χ0v) is 19.3. The lowest BCUT2D eigenvalue weighted by Gasteiger charge is -2.29. The van der Waals surface area contributed by atoms with Gasteiger partial charge in [0.2, 0.25) is 6.29 Å². The van der Waals surface area contributed by atoms with Crippen LogP contribution in [-0.2, 0) is 22.4 Å². The number of carbonyl (C=O) groups is 1. The van der Waals surface area contributed by atoms with Gasteiger partial charge in [0.15, 0.2) is 0 Å². The molecule has 2 atom stereocenters. The fourth-order valence-electron chi connectivity index (χ4n) is 4.17. The summed E-state index contributed by atoms with van der Waals surface area (Å²) in [5.74, 6) is -3.71. The zero-order chi connectivity index (χ0) is 25.3. The first-order chi connectivity index (χ1) is 16.8. The van der Waals surface area contributed by atoms with Gasteiger partial charge in [0.1, 0.15) is 35.4 Å². The van der Waals surface area contributed by atoms with E-state index in [1.54, 1.807) is 30.3 Å². The van der Waals surface area contributed by atoms with Crippen LogP contribution in [0.1, 0.15) is 42.0 Å². The summed E-state index contributed by atoms with van der Waals surface area (Å²) >= 11 is 0. The number of fused-ring (bicyclic) bond motifs is 2. The first kappa shape index (κ1) is 24.3. The third-order valence-electron chi connectivity index (χ3n) is 6.04. The third kappa shape index (κ3) is 4.36. The maximum Gasteiger partial charge on any atom is 0.344 e. The van der Waals surface area contributed by atoms with Gasteiger partial charge in [-0.1, -0.05) is 26.0 Å². The van der Waals surface area contributed by atoms with E-state index in [0.717, 1.165) is 11.1 Å². The molecule has 9 nitrogen and oxygen atoms in total. The molecule has 35 heavy (non-hydrogen) atoms. The Labute approximate surface area is 200 Å². The largest absolute Gasteiger partial charge is 0.507 e. The molecule has 1 aliphatic heterocycles. The number of aliphatic hydroxyl groups is 3. The molecule has 0 spiro atoms. The van der Waals surface area contributed by atoms with Crippen molar-refractivity contribution in [3.05, 3.63) is 74.6 Å². The van der Waals surface area contributed by atoms with E-state index < -0.39 is 54.1 Å². The Morgan fingerprint density at radius 1 is 1.09 bits per heavy atom. The summed E-state index contributed by atoms with van der Waals surface area (Å²) in [5.41, 5.74) is 0.0569. The van der Waals surface area contributed by atoms with Crippen LogP contribution >= 0.6 is 0 Å². The van der Waals surface area contributed by atoms with Gasteiger partial charge in [-0.3, -0.25) is 4.79 Å². The summed E-state index contributed by atoms with van der Waals surface area (Å²) in [4.78, 5) is 26.2. The molecule has 4 N–H and O–H groups in total. The van der Waals surface area contributed by atoms with Crippen LogP contribution in [0.5, 0.6) is 11.5 Å². The lowest BCUT2D eigenvalue weighted by atomic mass is 9.86. The van der Waals surface area contributed by atoms with Crippen molar-refractivity contribution in [2.75, 3.05) is 13.2 Å². The van der Waals surface area contributed by atoms with Gasteiger partial charge in [0.05, 0.1) is 28.7 Å². The van der Waals surface area contributed by atoms with Crippen molar-refractivity contribution in [3.63, 3.8) is 0 Å². The normalized spacial score (nSPS) is 16.1. The SMILES string of the molecule is CCc1ccc2c(c1)C(O)=C(C(C(=O)OCCO)c1c(O)c3cc(CC)ccc3oc1=O)C(O)O2. The van der Waals surface area contributed by atoms with Gasteiger partial charge in [0, 0.05) is 0 Å². The van der Waals surface area contributed by atoms with Crippen molar-refractivity contribution in [2.24, 2.45) is 0 Å². The Kier molecular flexibility index (Phi) is 6.81. The lowest BCUT2D eigenvalue weighted by molar-refractivity contribution is -0.146. The first-order valence-corrected chi connectivity index (χ1v) is 11.3. The minimum atomic E-state index is -1.84. The van der Waals surface area contributed by atoms with Crippen LogP contribution in [0.3, 0.4) is 0 Å². The fourth-order valence-corrected chi connectivity index (χ4v) is 4.17. The van der Waals surface area contributed by atoms with E-state index in [1.807, 2.05) is 13.8 Å². The molecule has 0 aliphatic carbocycles. The third-order valence-corrected chi connectivity index (χ3v) is 6.04. The standard InChI is InChI=1S/C26H26O9/c1-3-13-5-7-17-15(11-13)22(28)20(25(31)34-17)19(24(30)33-10-9-27)21-23(29)16-12-14(4-2)6-8-18(16)35-26(21)32/h5-8,11-12,19,25,27-29,31H,3-4,9-10H2,1-2H3. The fraction of sp³-hybridized carbons (Fsp3) is 0.308. The van der Waals surface area contributed by atoms with E-state index in [2.05, 4.69) is 0 Å². The van der Waals surface area contributed by atoms with Gasteiger partial charge in [-0.15, -0.1) is 0 Å². The maximum atomic E-state index is 13.2. The summed E-state index contributed by atoms with van der Waals surface area (Å²) < 4.78 is 16.0. The molecule has 1 aromatic heterocycles. The topological polar surface area (TPSA) is 147 Å². The van der Waals surface area contributed by atoms with Crippen molar-refractivity contribution in [1.82, 2.24) is 0 Å². The van der Waals surface area contributed by atoms with Gasteiger partial charge in [-0.25, -0.2) is 4.79 Å². The highest BCUT2D eigenvalue weighted by Crippen LogP contribution is 2.43. The lowest BCUT2D eigenvalue weighted by Crippen LogP contribution is -2.34. The highest BCUT2D eigenvalue weighted by Gasteiger charge is 2.42. The summed E-state index contributed by atoms with van der Waals surface area (Å²) in [7, 11) is 0. The quantitative estimate of drug-likeness (QED) is 0.295. The molecule has 9 heteroatoms. The van der Waals surface area contributed by atoms with Gasteiger partial charge >= 0.3 is 11.6 Å². The summed E-state index contributed by atoms with van der Waals surface area (Å²) in [6.45, 7) is 2.92. The monoisotopic (exact) mass is 482 g/mol. The van der Waals surface area contributed by atoms with Crippen molar-refractivity contribution in [3.8, 4) is 11.5 Å². The second kappa shape index (κ2) is 9.81. The second-order valence-corrected chi connectivity index (χ2v) is 8.12. The van der Waals surface area contributed by atoms with E-state index in [0.29, 0.717) is 12.8 Å².